The van der Waals surface area contributed by atoms with Crippen LogP contribution in [0.4, 0.5) is 4.79 Å². The van der Waals surface area contributed by atoms with E-state index in [9.17, 15) is 27.6 Å². The fourth-order valence-electron chi connectivity index (χ4n) is 7.07. The van der Waals surface area contributed by atoms with Crippen LogP contribution in [0.3, 0.4) is 0 Å². The van der Waals surface area contributed by atoms with Crippen LogP contribution in [0.1, 0.15) is 71.6 Å². The molecule has 3 N–H and O–H groups in total. The van der Waals surface area contributed by atoms with Crippen LogP contribution in [-0.2, 0) is 29.1 Å². The van der Waals surface area contributed by atoms with Crippen molar-refractivity contribution in [2.24, 2.45) is 11.8 Å². The highest BCUT2D eigenvalue weighted by molar-refractivity contribution is 7.91. The van der Waals surface area contributed by atoms with Crippen LogP contribution in [0.5, 0.6) is 5.88 Å². The zero-order valence-corrected chi connectivity index (χ0v) is 32.0. The number of para-hydroxylation sites is 2. The molecule has 16 heteroatoms. The lowest BCUT2D eigenvalue weighted by atomic mass is 10.0. The average Bonchev–Trinajstić information content (AvgIpc) is 4.01. The summed E-state index contributed by atoms with van der Waals surface area (Å²) < 4.78 is 39.8. The van der Waals surface area contributed by atoms with E-state index in [0.29, 0.717) is 48.8 Å². The van der Waals surface area contributed by atoms with Crippen molar-refractivity contribution < 1.29 is 37.1 Å². The molecule has 4 aliphatic rings. The molecular weight excluding hydrogens is 733 g/mol. The molecule has 54 heavy (non-hydrogen) atoms. The van der Waals surface area contributed by atoms with Crippen molar-refractivity contribution in [1.29, 1.82) is 0 Å². The quantitative estimate of drug-likeness (QED) is 0.262. The second-order valence-corrected chi connectivity index (χ2v) is 17.9. The molecule has 0 radical (unpaired) electrons. The summed E-state index contributed by atoms with van der Waals surface area (Å²) in [6, 6.07) is 9.12. The summed E-state index contributed by atoms with van der Waals surface area (Å²) in [6.07, 6.45) is 6.79. The largest absolute Gasteiger partial charge is 0.471 e. The van der Waals surface area contributed by atoms with Crippen LogP contribution in [0.2, 0.25) is 0 Å². The maximum atomic E-state index is 14.5. The molecule has 0 spiro atoms. The fraction of sp³-hybridized carbons (Fsp3) is 0.526. The number of benzene rings is 1. The van der Waals surface area contributed by atoms with E-state index >= 15 is 0 Å². The van der Waals surface area contributed by atoms with Crippen LogP contribution < -0.4 is 20.1 Å². The predicted octanol–water partition coefficient (Wildman–Crippen LogP) is 4.46. The second kappa shape index (κ2) is 15.7. The Balaban J connectivity index is 1.20. The molecule has 4 heterocycles. The standard InChI is InChI=1S/C38H46N6O8S2/c1-23(2)22-51-37(48)41-29-14-7-5-3-4-6-11-24-20-38(24,36(47)43-54(49,50)26-16-17-26)42-33(45)30-19-25(21-44(30)35(29)46)52-34-32(31-15-10-18-53-31)39-27-12-8-9-13-28(27)40-34/h6,8-13,15,18,23-26,29-30H,3-5,7,14,16-17,19-22H2,1-2H3,(H,41,48)(H,42,45)(H,43,47)/b11-6-/t24-,25-,29+,30+,38-/m1/s1. The van der Waals surface area contributed by atoms with E-state index < -0.39 is 68.7 Å². The number of rotatable bonds is 9. The molecule has 2 aliphatic heterocycles. The van der Waals surface area contributed by atoms with Gasteiger partial charge in [0.05, 0.1) is 34.3 Å². The van der Waals surface area contributed by atoms with Crippen molar-refractivity contribution in [1.82, 2.24) is 30.2 Å². The van der Waals surface area contributed by atoms with Crippen molar-refractivity contribution in [2.45, 2.75) is 101 Å². The minimum atomic E-state index is -3.89. The number of fused-ring (bicyclic) bond motifs is 3. The van der Waals surface area contributed by atoms with Crippen LogP contribution in [0.25, 0.3) is 21.6 Å². The number of ether oxygens (including phenoxy) is 2. The van der Waals surface area contributed by atoms with Gasteiger partial charge in [0, 0.05) is 12.3 Å². The first-order valence-corrected chi connectivity index (χ1v) is 21.1. The Morgan fingerprint density at radius 1 is 1.06 bits per heavy atom. The van der Waals surface area contributed by atoms with Gasteiger partial charge >= 0.3 is 6.09 Å². The summed E-state index contributed by atoms with van der Waals surface area (Å²) in [7, 11) is -3.89. The Morgan fingerprint density at radius 2 is 1.83 bits per heavy atom. The molecular formula is C38H46N6O8S2. The minimum Gasteiger partial charge on any atom is -0.471 e. The number of aromatic nitrogens is 2. The van der Waals surface area contributed by atoms with E-state index in [0.717, 1.165) is 17.7 Å². The Bertz CT molecular complexity index is 2040. The predicted molar refractivity (Wildman–Crippen MR) is 202 cm³/mol. The van der Waals surface area contributed by atoms with Crippen molar-refractivity contribution in [3.8, 4) is 16.5 Å². The van der Waals surface area contributed by atoms with Crippen molar-refractivity contribution in [2.75, 3.05) is 13.2 Å². The lowest BCUT2D eigenvalue weighted by molar-refractivity contribution is -0.141. The van der Waals surface area contributed by atoms with Crippen molar-refractivity contribution >= 4 is 56.2 Å². The molecule has 4 amide bonds. The maximum absolute atomic E-state index is 14.5. The zero-order chi connectivity index (χ0) is 38.0. The normalized spacial score (nSPS) is 26.8. The molecule has 7 rings (SSSR count). The van der Waals surface area contributed by atoms with Gasteiger partial charge in [-0.1, -0.05) is 57.0 Å². The monoisotopic (exact) mass is 778 g/mol. The van der Waals surface area contributed by atoms with Gasteiger partial charge in [-0.05, 0) is 68.0 Å². The van der Waals surface area contributed by atoms with Gasteiger partial charge in [0.25, 0.3) is 5.91 Å². The summed E-state index contributed by atoms with van der Waals surface area (Å²) >= 11 is 1.48. The molecule has 5 atom stereocenters. The van der Waals surface area contributed by atoms with Gasteiger partial charge in [-0.2, -0.15) is 0 Å². The second-order valence-electron chi connectivity index (χ2n) is 15.0. The number of amides is 4. The number of carbonyl (C=O) groups is 4. The molecule has 0 bridgehead atoms. The van der Waals surface area contributed by atoms with E-state index in [1.165, 1.54) is 16.2 Å². The van der Waals surface area contributed by atoms with Gasteiger partial charge in [0.15, 0.2) is 0 Å². The lowest BCUT2D eigenvalue weighted by Crippen LogP contribution is -2.58. The van der Waals surface area contributed by atoms with Crippen molar-refractivity contribution in [3.63, 3.8) is 0 Å². The fourth-order valence-corrected chi connectivity index (χ4v) is 9.14. The first kappa shape index (κ1) is 37.7. The molecule has 2 aliphatic carbocycles. The summed E-state index contributed by atoms with van der Waals surface area (Å²) in [5.41, 5.74) is 0.315. The molecule has 288 valence electrons. The smallest absolute Gasteiger partial charge is 0.407 e. The Hall–Kier alpha value is -4.57. The molecule has 2 aromatic heterocycles. The van der Waals surface area contributed by atoms with E-state index in [1.807, 2.05) is 67.8 Å². The Kier molecular flexibility index (Phi) is 10.9. The Labute approximate surface area is 318 Å². The van der Waals surface area contributed by atoms with E-state index in [4.69, 9.17) is 19.4 Å². The summed E-state index contributed by atoms with van der Waals surface area (Å²) in [6.45, 7) is 3.97. The number of hydrogen-bond donors (Lipinski definition) is 3. The number of nitrogens with zero attached hydrogens (tertiary/aromatic N) is 3. The number of alkyl carbamates (subject to hydrolysis) is 1. The maximum Gasteiger partial charge on any atom is 0.407 e. The molecule has 14 nitrogen and oxygen atoms in total. The number of thiophene rings is 1. The third-order valence-electron chi connectivity index (χ3n) is 10.3. The summed E-state index contributed by atoms with van der Waals surface area (Å²) in [4.78, 5) is 67.4. The Morgan fingerprint density at radius 3 is 2.56 bits per heavy atom. The molecule has 3 fully saturated rings. The number of sulfonamides is 1. The molecule has 0 unspecified atom stereocenters. The van der Waals surface area contributed by atoms with Gasteiger partial charge < -0.3 is 25.0 Å². The highest BCUT2D eigenvalue weighted by Crippen LogP contribution is 2.46. The lowest BCUT2D eigenvalue weighted by Gasteiger charge is -2.29. The molecule has 1 aromatic carbocycles. The first-order chi connectivity index (χ1) is 25.9. The molecule has 1 saturated heterocycles. The summed E-state index contributed by atoms with van der Waals surface area (Å²) in [5, 5.41) is 6.93. The van der Waals surface area contributed by atoms with E-state index in [2.05, 4.69) is 15.4 Å². The van der Waals surface area contributed by atoms with Gasteiger partial charge in [0.1, 0.15) is 29.4 Å². The average molecular weight is 779 g/mol. The third kappa shape index (κ3) is 8.38. The van der Waals surface area contributed by atoms with Crippen LogP contribution in [0.15, 0.2) is 53.9 Å². The number of hydrogen-bond acceptors (Lipinski definition) is 11. The minimum absolute atomic E-state index is 0.0207. The highest BCUT2D eigenvalue weighted by atomic mass is 32.2. The number of nitrogens with one attached hydrogen (secondary N) is 3. The van der Waals surface area contributed by atoms with E-state index in [1.54, 1.807) is 0 Å². The van der Waals surface area contributed by atoms with Gasteiger partial charge in [-0.25, -0.2) is 23.2 Å². The van der Waals surface area contributed by atoms with Crippen LogP contribution >= 0.6 is 11.3 Å². The number of carbonyl (C=O) groups excluding carboxylic acids is 4. The molecule has 2 saturated carbocycles. The van der Waals surface area contributed by atoms with E-state index in [-0.39, 0.29) is 37.8 Å². The van der Waals surface area contributed by atoms with Gasteiger partial charge in [0.2, 0.25) is 27.7 Å². The SMILES string of the molecule is CC(C)COC(=O)N[C@H]1CCCCC/C=C\[C@@H]2C[C@@]2(C(=O)NS(=O)(=O)C2CC2)NC(=O)[C@@H]2C[C@@H](Oc3nc4ccccc4nc3-c3cccs3)CN2C1=O. The zero-order valence-electron chi connectivity index (χ0n) is 30.4. The first-order valence-electron chi connectivity index (χ1n) is 18.7. The van der Waals surface area contributed by atoms with Gasteiger partial charge in [-0.3, -0.25) is 19.1 Å². The third-order valence-corrected chi connectivity index (χ3v) is 12.9. The van der Waals surface area contributed by atoms with Crippen molar-refractivity contribution in [3.05, 3.63) is 53.9 Å². The highest BCUT2D eigenvalue weighted by Gasteiger charge is 2.62. The van der Waals surface area contributed by atoms with Crippen LogP contribution in [0, 0.1) is 11.8 Å². The van der Waals surface area contributed by atoms with Gasteiger partial charge in [-0.15, -0.1) is 11.3 Å². The molecule has 3 aromatic rings. The number of allylic oxidation sites excluding steroid dienone is 1. The topological polar surface area (TPSA) is 186 Å². The summed E-state index contributed by atoms with van der Waals surface area (Å²) in [5.74, 6) is -1.99. The van der Waals surface area contributed by atoms with Crippen LogP contribution in [-0.4, -0.2) is 89.2 Å².